The fraction of sp³-hybridized carbons (Fsp3) is 0.0714. The van der Waals surface area contributed by atoms with Crippen LogP contribution in [-0.2, 0) is 0 Å². The van der Waals surface area contributed by atoms with Crippen LogP contribution >= 0.6 is 15.9 Å². The van der Waals surface area contributed by atoms with E-state index in [0.29, 0.717) is 15.7 Å². The van der Waals surface area contributed by atoms with Crippen molar-refractivity contribution in [3.8, 4) is 0 Å². The third-order valence-corrected chi connectivity index (χ3v) is 3.23. The first-order valence-electron chi connectivity index (χ1n) is 5.50. The molecule has 2 aromatic rings. The highest BCUT2D eigenvalue weighted by atomic mass is 79.9. The Labute approximate surface area is 117 Å². The van der Waals surface area contributed by atoms with E-state index in [9.17, 15) is 13.6 Å². The second-order valence-electron chi connectivity index (χ2n) is 4.04. The Hall–Kier alpha value is -1.75. The summed E-state index contributed by atoms with van der Waals surface area (Å²) in [4.78, 5) is 11.9. The van der Waals surface area contributed by atoms with Gasteiger partial charge in [0.1, 0.15) is 11.6 Å². The van der Waals surface area contributed by atoms with Crippen LogP contribution in [0.4, 0.5) is 14.5 Å². The quantitative estimate of drug-likeness (QED) is 0.876. The maximum Gasteiger partial charge on any atom is 0.255 e. The number of carbonyl (C=O) groups is 1. The molecule has 0 atom stereocenters. The van der Waals surface area contributed by atoms with Crippen LogP contribution < -0.4 is 5.32 Å². The van der Waals surface area contributed by atoms with Crippen molar-refractivity contribution in [3.63, 3.8) is 0 Å². The second kappa shape index (κ2) is 5.48. The molecular formula is C14H10BrF2NO. The Kier molecular flexibility index (Phi) is 3.95. The van der Waals surface area contributed by atoms with Gasteiger partial charge >= 0.3 is 0 Å². The lowest BCUT2D eigenvalue weighted by atomic mass is 10.1. The molecule has 0 heterocycles. The average molecular weight is 326 g/mol. The number of halogens is 3. The minimum Gasteiger partial charge on any atom is -0.322 e. The molecule has 2 aromatic carbocycles. The fourth-order valence-electron chi connectivity index (χ4n) is 1.58. The first-order valence-corrected chi connectivity index (χ1v) is 6.29. The average Bonchev–Trinajstić information content (AvgIpc) is 2.36. The number of rotatable bonds is 2. The number of carbonyl (C=O) groups excluding carboxylic acids is 1. The number of hydrogen-bond donors (Lipinski definition) is 1. The monoisotopic (exact) mass is 325 g/mol. The highest BCUT2D eigenvalue weighted by Gasteiger charge is 2.10. The molecule has 0 saturated heterocycles. The minimum atomic E-state index is -0.458. The van der Waals surface area contributed by atoms with E-state index in [4.69, 9.17) is 0 Å². The summed E-state index contributed by atoms with van der Waals surface area (Å²) < 4.78 is 26.5. The molecule has 19 heavy (non-hydrogen) atoms. The van der Waals surface area contributed by atoms with Crippen molar-refractivity contribution in [1.29, 1.82) is 0 Å². The summed E-state index contributed by atoms with van der Waals surface area (Å²) in [7, 11) is 0. The summed E-state index contributed by atoms with van der Waals surface area (Å²) in [5, 5.41) is 2.59. The molecule has 1 N–H and O–H groups in total. The maximum absolute atomic E-state index is 13.4. The van der Waals surface area contributed by atoms with E-state index in [1.807, 2.05) is 0 Å². The lowest BCUT2D eigenvalue weighted by Gasteiger charge is -2.09. The van der Waals surface area contributed by atoms with Gasteiger partial charge in [0.15, 0.2) is 0 Å². The third-order valence-electron chi connectivity index (χ3n) is 2.62. The van der Waals surface area contributed by atoms with Gasteiger partial charge in [0.2, 0.25) is 0 Å². The first-order chi connectivity index (χ1) is 8.97. The third kappa shape index (κ3) is 3.17. The van der Waals surface area contributed by atoms with Gasteiger partial charge in [-0.25, -0.2) is 8.78 Å². The van der Waals surface area contributed by atoms with Gasteiger partial charge in [0.05, 0.1) is 4.47 Å². The smallest absolute Gasteiger partial charge is 0.255 e. The van der Waals surface area contributed by atoms with Crippen molar-refractivity contribution in [3.05, 3.63) is 63.6 Å². The molecule has 1 amide bonds. The van der Waals surface area contributed by atoms with Crippen LogP contribution in [0.25, 0.3) is 0 Å². The zero-order valence-corrected chi connectivity index (χ0v) is 11.6. The summed E-state index contributed by atoms with van der Waals surface area (Å²) in [6, 6.07) is 7.95. The van der Waals surface area contributed by atoms with Crippen molar-refractivity contribution in [2.24, 2.45) is 0 Å². The molecule has 2 rings (SSSR count). The van der Waals surface area contributed by atoms with Gasteiger partial charge in [0.25, 0.3) is 5.91 Å². The van der Waals surface area contributed by atoms with E-state index >= 15 is 0 Å². The van der Waals surface area contributed by atoms with Crippen molar-refractivity contribution in [2.45, 2.75) is 6.92 Å². The summed E-state index contributed by atoms with van der Waals surface area (Å²) in [6.45, 7) is 1.75. The molecule has 0 fully saturated rings. The van der Waals surface area contributed by atoms with Crippen LogP contribution in [0.1, 0.15) is 15.9 Å². The molecule has 0 radical (unpaired) electrons. The molecule has 0 aliphatic rings. The fourth-order valence-corrected chi connectivity index (χ4v) is 2.03. The van der Waals surface area contributed by atoms with Gasteiger partial charge in [0, 0.05) is 11.3 Å². The second-order valence-corrected chi connectivity index (χ2v) is 4.90. The molecule has 5 heteroatoms. The van der Waals surface area contributed by atoms with E-state index in [-0.39, 0.29) is 0 Å². The van der Waals surface area contributed by atoms with E-state index < -0.39 is 17.5 Å². The predicted molar refractivity (Wildman–Crippen MR) is 73.2 cm³/mol. The van der Waals surface area contributed by atoms with Crippen molar-refractivity contribution >= 4 is 27.5 Å². The number of nitrogens with one attached hydrogen (secondary N) is 1. The van der Waals surface area contributed by atoms with Gasteiger partial charge in [-0.3, -0.25) is 4.79 Å². The summed E-state index contributed by atoms with van der Waals surface area (Å²) >= 11 is 3.07. The predicted octanol–water partition coefficient (Wildman–Crippen LogP) is 4.29. The molecule has 0 bridgehead atoms. The van der Waals surface area contributed by atoms with Gasteiger partial charge in [-0.2, -0.15) is 0 Å². The lowest BCUT2D eigenvalue weighted by molar-refractivity contribution is 0.102. The van der Waals surface area contributed by atoms with E-state index in [0.717, 1.165) is 5.56 Å². The Morgan fingerprint density at radius 1 is 1.16 bits per heavy atom. The van der Waals surface area contributed by atoms with Crippen LogP contribution in [0.3, 0.4) is 0 Å². The number of amides is 1. The van der Waals surface area contributed by atoms with Gasteiger partial charge in [-0.15, -0.1) is 0 Å². The number of anilines is 1. The normalized spacial score (nSPS) is 10.3. The SMILES string of the molecule is Cc1cc(Br)c(F)cc1NC(=O)c1ccc(F)cc1. The van der Waals surface area contributed by atoms with Crippen LogP contribution in [0.2, 0.25) is 0 Å². The molecule has 0 aliphatic carbocycles. The van der Waals surface area contributed by atoms with E-state index in [1.165, 1.54) is 30.3 Å². The number of hydrogen-bond acceptors (Lipinski definition) is 1. The van der Waals surface area contributed by atoms with Gasteiger partial charge in [-0.05, 0) is 64.8 Å². The van der Waals surface area contributed by atoms with Gasteiger partial charge in [-0.1, -0.05) is 0 Å². The summed E-state index contributed by atoms with van der Waals surface area (Å²) in [5.74, 6) is -1.28. The number of aryl methyl sites for hydroxylation is 1. The summed E-state index contributed by atoms with van der Waals surface area (Å²) in [6.07, 6.45) is 0. The molecule has 0 aliphatic heterocycles. The highest BCUT2D eigenvalue weighted by molar-refractivity contribution is 9.10. The minimum absolute atomic E-state index is 0.309. The van der Waals surface area contributed by atoms with Crippen molar-refractivity contribution < 1.29 is 13.6 Å². The standard InChI is InChI=1S/C14H10BrF2NO/c1-8-6-11(15)12(17)7-13(8)18-14(19)9-2-4-10(16)5-3-9/h2-7H,1H3,(H,18,19). The zero-order valence-electron chi connectivity index (χ0n) is 10.0. The molecular weight excluding hydrogens is 316 g/mol. The summed E-state index contributed by atoms with van der Waals surface area (Å²) in [5.41, 5.74) is 1.42. The van der Waals surface area contributed by atoms with Crippen LogP contribution in [0.5, 0.6) is 0 Å². The van der Waals surface area contributed by atoms with Crippen LogP contribution in [0, 0.1) is 18.6 Å². The molecule has 0 saturated carbocycles. The largest absolute Gasteiger partial charge is 0.322 e. The van der Waals surface area contributed by atoms with E-state index in [2.05, 4.69) is 21.2 Å². The Morgan fingerprint density at radius 3 is 2.42 bits per heavy atom. The lowest BCUT2D eigenvalue weighted by Crippen LogP contribution is -2.13. The van der Waals surface area contributed by atoms with Gasteiger partial charge < -0.3 is 5.32 Å². The topological polar surface area (TPSA) is 29.1 Å². The highest BCUT2D eigenvalue weighted by Crippen LogP contribution is 2.24. The zero-order chi connectivity index (χ0) is 14.0. The first kappa shape index (κ1) is 13.7. The molecule has 0 spiro atoms. The Morgan fingerprint density at radius 2 is 1.79 bits per heavy atom. The van der Waals surface area contributed by atoms with Crippen molar-refractivity contribution in [1.82, 2.24) is 0 Å². The van der Waals surface area contributed by atoms with Crippen LogP contribution in [-0.4, -0.2) is 5.91 Å². The van der Waals surface area contributed by atoms with Crippen molar-refractivity contribution in [2.75, 3.05) is 5.32 Å². The Balaban J connectivity index is 2.24. The molecule has 0 aromatic heterocycles. The molecule has 2 nitrogen and oxygen atoms in total. The molecule has 98 valence electrons. The Bertz CT molecular complexity index is 626. The molecule has 0 unspecified atom stereocenters. The van der Waals surface area contributed by atoms with Crippen LogP contribution in [0.15, 0.2) is 40.9 Å². The number of benzene rings is 2. The van der Waals surface area contributed by atoms with E-state index in [1.54, 1.807) is 13.0 Å². The maximum atomic E-state index is 13.4.